The van der Waals surface area contributed by atoms with Crippen molar-refractivity contribution in [2.24, 2.45) is 0 Å². The van der Waals surface area contributed by atoms with Gasteiger partial charge < -0.3 is 4.74 Å². The molecule has 0 aromatic heterocycles. The van der Waals surface area contributed by atoms with E-state index in [1.807, 2.05) is 0 Å². The first-order valence-corrected chi connectivity index (χ1v) is 2.96. The molecule has 0 aromatic carbocycles. The van der Waals surface area contributed by atoms with Crippen LogP contribution < -0.4 is 4.74 Å². The molecule has 0 unspecified atom stereocenters. The zero-order valence-corrected chi connectivity index (χ0v) is 5.27. The van der Waals surface area contributed by atoms with E-state index in [2.05, 4.69) is 4.74 Å². The third kappa shape index (κ3) is 1.29. The predicted molar refractivity (Wildman–Crippen MR) is 32.1 cm³/mol. The van der Waals surface area contributed by atoms with Crippen LogP contribution in [0, 0.1) is 0 Å². The minimum Gasteiger partial charge on any atom is -0.406 e. The monoisotopic (exact) mass is 160 g/mol. The summed E-state index contributed by atoms with van der Waals surface area (Å²) < 4.78 is 38.3. The molecule has 0 N–H and O–H groups in total. The number of benzene rings is 1. The SMILES string of the molecule is FC(F)(F)Oc1cc2cc-2c1. The van der Waals surface area contributed by atoms with Gasteiger partial charge in [-0.1, -0.05) is 0 Å². The molecule has 58 valence electrons. The smallest absolute Gasteiger partial charge is 0.406 e. The average molecular weight is 160 g/mol. The second-order valence-electron chi connectivity index (χ2n) is 2.29. The van der Waals surface area contributed by atoms with Crippen molar-refractivity contribution in [2.75, 3.05) is 0 Å². The van der Waals surface area contributed by atoms with E-state index in [1.54, 1.807) is 6.07 Å². The number of ether oxygens (including phenoxy) is 1. The van der Waals surface area contributed by atoms with Gasteiger partial charge in [-0.2, -0.15) is 0 Å². The predicted octanol–water partition coefficient (Wildman–Crippen LogP) is 2.57. The summed E-state index contributed by atoms with van der Waals surface area (Å²) in [6.07, 6.45) is -4.57. The highest BCUT2D eigenvalue weighted by Gasteiger charge is 2.32. The van der Waals surface area contributed by atoms with Crippen molar-refractivity contribution in [1.29, 1.82) is 0 Å². The largest absolute Gasteiger partial charge is 0.573 e. The van der Waals surface area contributed by atoms with Gasteiger partial charge in [0.2, 0.25) is 0 Å². The lowest BCUT2D eigenvalue weighted by molar-refractivity contribution is -0.274. The third-order valence-electron chi connectivity index (χ3n) is 1.39. The van der Waals surface area contributed by atoms with E-state index in [9.17, 15) is 13.2 Å². The van der Waals surface area contributed by atoms with Crippen LogP contribution in [0.3, 0.4) is 0 Å². The minimum absolute atomic E-state index is 0.120. The molecule has 0 bridgehead atoms. The van der Waals surface area contributed by atoms with E-state index in [1.165, 1.54) is 12.1 Å². The van der Waals surface area contributed by atoms with Gasteiger partial charge in [0.25, 0.3) is 0 Å². The van der Waals surface area contributed by atoms with E-state index in [4.69, 9.17) is 0 Å². The van der Waals surface area contributed by atoms with Gasteiger partial charge in [0.15, 0.2) is 0 Å². The molecule has 1 nitrogen and oxygen atoms in total. The van der Waals surface area contributed by atoms with E-state index in [-0.39, 0.29) is 5.75 Å². The van der Waals surface area contributed by atoms with Gasteiger partial charge >= 0.3 is 6.36 Å². The van der Waals surface area contributed by atoms with Crippen LogP contribution in [0.1, 0.15) is 0 Å². The third-order valence-corrected chi connectivity index (χ3v) is 1.39. The summed E-state index contributed by atoms with van der Waals surface area (Å²) in [5.74, 6) is -0.120. The van der Waals surface area contributed by atoms with Gasteiger partial charge in [0.05, 0.1) is 0 Å². The quantitative estimate of drug-likeness (QED) is 0.622. The maximum absolute atomic E-state index is 11.5. The molecule has 4 heteroatoms. The molecular weight excluding hydrogens is 157 g/mol. The Labute approximate surface area is 60.4 Å². The van der Waals surface area contributed by atoms with Gasteiger partial charge in [-0.05, 0) is 29.3 Å². The summed E-state index contributed by atoms with van der Waals surface area (Å²) in [5, 5.41) is 0. The number of fused-ring (bicyclic) bond motifs is 1. The number of alkyl halides is 3. The van der Waals surface area contributed by atoms with Crippen LogP contribution in [0.25, 0.3) is 11.1 Å². The summed E-state index contributed by atoms with van der Waals surface area (Å²) in [4.78, 5) is 0. The second kappa shape index (κ2) is 1.69. The molecule has 0 heterocycles. The molecule has 0 saturated heterocycles. The lowest BCUT2D eigenvalue weighted by Crippen LogP contribution is -2.16. The highest BCUT2D eigenvalue weighted by molar-refractivity contribution is 5.83. The average Bonchev–Trinajstić information content (AvgIpc) is 2.36. The molecule has 11 heavy (non-hydrogen) atoms. The van der Waals surface area contributed by atoms with Gasteiger partial charge in [-0.15, -0.1) is 13.2 Å². The zero-order chi connectivity index (χ0) is 8.06. The number of hydrogen-bond acceptors (Lipinski definition) is 1. The van der Waals surface area contributed by atoms with E-state index in [0.29, 0.717) is 0 Å². The van der Waals surface area contributed by atoms with Crippen molar-refractivity contribution >= 4 is 0 Å². The van der Waals surface area contributed by atoms with Gasteiger partial charge in [-0.25, -0.2) is 0 Å². The molecule has 0 saturated carbocycles. The molecule has 2 aliphatic carbocycles. The molecule has 0 atom stereocenters. The van der Waals surface area contributed by atoms with Crippen molar-refractivity contribution in [3.8, 4) is 16.9 Å². The van der Waals surface area contributed by atoms with Crippen molar-refractivity contribution in [1.82, 2.24) is 0 Å². The minimum atomic E-state index is -4.57. The topological polar surface area (TPSA) is 9.23 Å². The zero-order valence-electron chi connectivity index (χ0n) is 5.27. The van der Waals surface area contributed by atoms with Crippen LogP contribution in [0.4, 0.5) is 13.2 Å². The highest BCUT2D eigenvalue weighted by Crippen LogP contribution is 2.41. The Bertz CT molecular complexity index is 283. The summed E-state index contributed by atoms with van der Waals surface area (Å²) >= 11 is 0. The van der Waals surface area contributed by atoms with Crippen LogP contribution in [0.15, 0.2) is 18.2 Å². The molecular formula is C7H3F3O. The summed E-state index contributed by atoms with van der Waals surface area (Å²) in [5.41, 5.74) is 1.67. The Morgan fingerprint density at radius 3 is 2.00 bits per heavy atom. The Balaban J connectivity index is 2.11. The van der Waals surface area contributed by atoms with Gasteiger partial charge in [-0.3, -0.25) is 0 Å². The fourth-order valence-corrected chi connectivity index (χ4v) is 0.922. The van der Waals surface area contributed by atoms with Gasteiger partial charge in [0, 0.05) is 0 Å². The van der Waals surface area contributed by atoms with Crippen LogP contribution >= 0.6 is 0 Å². The maximum Gasteiger partial charge on any atom is 0.573 e. The Kier molecular flexibility index (Phi) is 1.00. The highest BCUT2D eigenvalue weighted by atomic mass is 19.4. The Hall–Kier alpha value is -1.19. The number of hydrogen-bond donors (Lipinski definition) is 0. The van der Waals surface area contributed by atoms with E-state index >= 15 is 0 Å². The van der Waals surface area contributed by atoms with Crippen LogP contribution in [-0.4, -0.2) is 6.36 Å². The fraction of sp³-hybridized carbons (Fsp3) is 0.143. The molecule has 2 aliphatic rings. The Morgan fingerprint density at radius 1 is 1.00 bits per heavy atom. The van der Waals surface area contributed by atoms with Crippen molar-refractivity contribution in [3.05, 3.63) is 18.2 Å². The van der Waals surface area contributed by atoms with Gasteiger partial charge in [0.1, 0.15) is 5.75 Å². The first kappa shape index (κ1) is 6.52. The molecule has 0 amide bonds. The first-order valence-electron chi connectivity index (χ1n) is 2.96. The van der Waals surface area contributed by atoms with Crippen molar-refractivity contribution in [3.63, 3.8) is 0 Å². The standard InChI is InChI=1S/C7H3F3O/c8-7(9,10)11-6-2-4-1-5(4)3-6/h1-3H. The molecule has 0 radical (unpaired) electrons. The first-order chi connectivity index (χ1) is 5.04. The molecule has 0 aromatic rings. The van der Waals surface area contributed by atoms with Crippen molar-refractivity contribution < 1.29 is 17.9 Å². The van der Waals surface area contributed by atoms with E-state index < -0.39 is 6.36 Å². The summed E-state index contributed by atoms with van der Waals surface area (Å²) in [6, 6.07) is 4.51. The molecule has 2 rings (SSSR count). The van der Waals surface area contributed by atoms with Crippen LogP contribution in [0.5, 0.6) is 5.75 Å². The lowest BCUT2D eigenvalue weighted by Gasteiger charge is -2.05. The van der Waals surface area contributed by atoms with Crippen LogP contribution in [0.2, 0.25) is 0 Å². The Morgan fingerprint density at radius 2 is 1.55 bits per heavy atom. The fourth-order valence-electron chi connectivity index (χ4n) is 0.922. The lowest BCUT2D eigenvalue weighted by atomic mass is 10.5. The molecule has 0 spiro atoms. The number of halogens is 3. The van der Waals surface area contributed by atoms with Crippen molar-refractivity contribution in [2.45, 2.75) is 6.36 Å². The molecule has 0 aliphatic heterocycles. The summed E-state index contributed by atoms with van der Waals surface area (Å²) in [7, 11) is 0. The van der Waals surface area contributed by atoms with Crippen LogP contribution in [-0.2, 0) is 0 Å². The molecule has 0 fully saturated rings. The normalized spacial score (nSPS) is 13.0. The second-order valence-corrected chi connectivity index (χ2v) is 2.29. The number of rotatable bonds is 1. The maximum atomic E-state index is 11.5. The van der Waals surface area contributed by atoms with E-state index in [0.717, 1.165) is 11.1 Å². The summed E-state index contributed by atoms with van der Waals surface area (Å²) in [6.45, 7) is 0.